The summed E-state index contributed by atoms with van der Waals surface area (Å²) in [4.78, 5) is 3.20. The number of pyridine rings is 1. The molecule has 0 atom stereocenters. The summed E-state index contributed by atoms with van der Waals surface area (Å²) in [5.74, 6) is 0.550. The highest BCUT2D eigenvalue weighted by atomic mass is 32.1. The van der Waals surface area contributed by atoms with Gasteiger partial charge in [-0.1, -0.05) is 25.6 Å². The van der Waals surface area contributed by atoms with Crippen molar-refractivity contribution in [3.05, 3.63) is 34.2 Å². The Bertz CT molecular complexity index is 704. The normalized spacial score (nSPS) is 15.7. The van der Waals surface area contributed by atoms with Gasteiger partial charge in [0.15, 0.2) is 0 Å². The molecule has 0 aliphatic heterocycles. The Hall–Kier alpha value is -1.42. The highest BCUT2D eigenvalue weighted by Gasteiger charge is 2.20. The van der Waals surface area contributed by atoms with E-state index in [2.05, 4.69) is 11.9 Å². The minimum atomic E-state index is -0.244. The molecule has 1 aromatic heterocycles. The summed E-state index contributed by atoms with van der Waals surface area (Å²) in [5.41, 5.74) is 1.85. The Morgan fingerprint density at radius 2 is 2.10 bits per heavy atom. The first-order valence-corrected chi connectivity index (χ1v) is 8.11. The first kappa shape index (κ1) is 14.5. The first-order chi connectivity index (χ1) is 10.2. The summed E-state index contributed by atoms with van der Waals surface area (Å²) in [7, 11) is 0. The van der Waals surface area contributed by atoms with Crippen molar-refractivity contribution in [2.75, 3.05) is 0 Å². The fourth-order valence-electron chi connectivity index (χ4n) is 3.06. The van der Waals surface area contributed by atoms with E-state index in [1.165, 1.54) is 18.9 Å². The zero-order chi connectivity index (χ0) is 14.8. The second-order valence-electron chi connectivity index (χ2n) is 5.73. The first-order valence-electron chi connectivity index (χ1n) is 7.70. The molecule has 0 unspecified atom stereocenters. The number of hydrogen-bond acceptors (Lipinski definition) is 2. The molecule has 1 aromatic carbocycles. The molecule has 1 N–H and O–H groups in total. The van der Waals surface area contributed by atoms with Crippen LogP contribution in [0.4, 0.5) is 4.39 Å². The minimum absolute atomic E-state index is 0.240. The van der Waals surface area contributed by atoms with Gasteiger partial charge in [0, 0.05) is 10.9 Å². The average molecular weight is 305 g/mol. The van der Waals surface area contributed by atoms with Crippen LogP contribution in [0.5, 0.6) is 5.75 Å². The van der Waals surface area contributed by atoms with E-state index < -0.39 is 0 Å². The van der Waals surface area contributed by atoms with Gasteiger partial charge in [-0.3, -0.25) is 0 Å². The van der Waals surface area contributed by atoms with Crippen molar-refractivity contribution in [3.8, 4) is 5.75 Å². The molecular formula is C17H20FNOS. The summed E-state index contributed by atoms with van der Waals surface area (Å²) >= 11 is 5.48. The van der Waals surface area contributed by atoms with E-state index in [4.69, 9.17) is 17.0 Å². The third kappa shape index (κ3) is 2.95. The molecule has 2 nitrogen and oxygen atoms in total. The quantitative estimate of drug-likeness (QED) is 0.774. The molecule has 2 aromatic rings. The smallest absolute Gasteiger partial charge is 0.135 e. The van der Waals surface area contributed by atoms with Crippen LogP contribution < -0.4 is 4.74 Å². The van der Waals surface area contributed by atoms with Gasteiger partial charge in [-0.25, -0.2) is 4.39 Å². The molecule has 0 radical (unpaired) electrons. The zero-order valence-corrected chi connectivity index (χ0v) is 13.1. The number of H-pyrrole nitrogens is 1. The van der Waals surface area contributed by atoms with E-state index in [0.717, 1.165) is 47.9 Å². The molecule has 21 heavy (non-hydrogen) atoms. The van der Waals surface area contributed by atoms with Crippen LogP contribution in [0.3, 0.4) is 0 Å². The van der Waals surface area contributed by atoms with Crippen molar-refractivity contribution < 1.29 is 9.13 Å². The molecular weight excluding hydrogens is 285 g/mol. The number of benzene rings is 1. The number of hydrogen-bond donors (Lipinski definition) is 1. The molecule has 1 aliphatic carbocycles. The lowest BCUT2D eigenvalue weighted by Gasteiger charge is -2.19. The number of aromatic amines is 1. The third-order valence-corrected chi connectivity index (χ3v) is 4.46. The maximum atomic E-state index is 13.7. The number of halogens is 1. The number of rotatable bonds is 4. The molecule has 0 saturated heterocycles. The standard InChI is InChI=1S/C17H20FNOS/c1-2-5-13-16(20-12-6-3-4-7-12)14-10-11(18)8-9-15(14)19-17(13)21/h8-10,12H,2-7H2,1H3,(H,19,21). The van der Waals surface area contributed by atoms with Gasteiger partial charge in [-0.15, -0.1) is 0 Å². The highest BCUT2D eigenvalue weighted by Crippen LogP contribution is 2.34. The molecule has 0 amide bonds. The Morgan fingerprint density at radius 3 is 2.81 bits per heavy atom. The molecule has 1 fully saturated rings. The number of fused-ring (bicyclic) bond motifs is 1. The Kier molecular flexibility index (Phi) is 4.24. The molecule has 3 rings (SSSR count). The number of nitrogens with one attached hydrogen (secondary N) is 1. The molecule has 1 saturated carbocycles. The fourth-order valence-corrected chi connectivity index (χ4v) is 3.37. The minimum Gasteiger partial charge on any atom is -0.489 e. The number of ether oxygens (including phenoxy) is 1. The van der Waals surface area contributed by atoms with Crippen molar-refractivity contribution in [1.82, 2.24) is 4.98 Å². The maximum absolute atomic E-state index is 13.7. The van der Waals surface area contributed by atoms with Crippen LogP contribution >= 0.6 is 12.2 Å². The van der Waals surface area contributed by atoms with Gasteiger partial charge in [0.2, 0.25) is 0 Å². The maximum Gasteiger partial charge on any atom is 0.135 e. The van der Waals surface area contributed by atoms with Crippen molar-refractivity contribution in [1.29, 1.82) is 0 Å². The van der Waals surface area contributed by atoms with Crippen LogP contribution in [0.2, 0.25) is 0 Å². The molecule has 0 spiro atoms. The van der Waals surface area contributed by atoms with Crippen molar-refractivity contribution >= 4 is 23.1 Å². The summed E-state index contributed by atoms with van der Waals surface area (Å²) in [5, 5.41) is 0.805. The van der Waals surface area contributed by atoms with E-state index in [-0.39, 0.29) is 11.9 Å². The summed E-state index contributed by atoms with van der Waals surface area (Å²) < 4.78 is 20.6. The largest absolute Gasteiger partial charge is 0.489 e. The SMILES string of the molecule is CCCc1c(OC2CCCC2)c2cc(F)ccc2[nH]c1=S. The number of aromatic nitrogens is 1. The second kappa shape index (κ2) is 6.14. The van der Waals surface area contributed by atoms with Gasteiger partial charge in [0.25, 0.3) is 0 Å². The second-order valence-corrected chi connectivity index (χ2v) is 6.13. The van der Waals surface area contributed by atoms with Crippen molar-refractivity contribution in [3.63, 3.8) is 0 Å². The fraction of sp³-hybridized carbons (Fsp3) is 0.471. The Labute approximate surface area is 129 Å². The molecule has 112 valence electrons. The lowest BCUT2D eigenvalue weighted by atomic mass is 10.1. The van der Waals surface area contributed by atoms with Gasteiger partial charge >= 0.3 is 0 Å². The predicted molar refractivity (Wildman–Crippen MR) is 86.0 cm³/mol. The van der Waals surface area contributed by atoms with Gasteiger partial charge < -0.3 is 9.72 Å². The molecule has 0 bridgehead atoms. The van der Waals surface area contributed by atoms with Crippen LogP contribution in [0.25, 0.3) is 10.9 Å². The molecule has 1 heterocycles. The van der Waals surface area contributed by atoms with Crippen LogP contribution in [0.1, 0.15) is 44.6 Å². The Morgan fingerprint density at radius 1 is 1.33 bits per heavy atom. The van der Waals surface area contributed by atoms with E-state index in [1.54, 1.807) is 12.1 Å². The summed E-state index contributed by atoms with van der Waals surface area (Å²) in [6.45, 7) is 2.11. The van der Waals surface area contributed by atoms with Gasteiger partial charge in [0.1, 0.15) is 16.2 Å². The topological polar surface area (TPSA) is 25.0 Å². The van der Waals surface area contributed by atoms with E-state index >= 15 is 0 Å². The van der Waals surface area contributed by atoms with E-state index in [0.29, 0.717) is 4.64 Å². The lowest BCUT2D eigenvalue weighted by Crippen LogP contribution is -2.13. The van der Waals surface area contributed by atoms with Gasteiger partial charge in [-0.05, 0) is 50.3 Å². The lowest BCUT2D eigenvalue weighted by molar-refractivity contribution is 0.210. The third-order valence-electron chi connectivity index (χ3n) is 4.11. The predicted octanol–water partition coefficient (Wildman–Crippen LogP) is 5.31. The zero-order valence-electron chi connectivity index (χ0n) is 12.2. The monoisotopic (exact) mass is 305 g/mol. The van der Waals surface area contributed by atoms with E-state index in [1.807, 2.05) is 0 Å². The summed E-state index contributed by atoms with van der Waals surface area (Å²) in [6.07, 6.45) is 6.65. The van der Waals surface area contributed by atoms with Crippen molar-refractivity contribution in [2.24, 2.45) is 0 Å². The average Bonchev–Trinajstić information content (AvgIpc) is 2.96. The van der Waals surface area contributed by atoms with Gasteiger partial charge in [0.05, 0.1) is 11.6 Å². The van der Waals surface area contributed by atoms with Gasteiger partial charge in [-0.2, -0.15) is 0 Å². The Balaban J connectivity index is 2.16. The van der Waals surface area contributed by atoms with Crippen LogP contribution in [-0.4, -0.2) is 11.1 Å². The van der Waals surface area contributed by atoms with E-state index in [9.17, 15) is 4.39 Å². The van der Waals surface area contributed by atoms with Crippen LogP contribution in [0.15, 0.2) is 18.2 Å². The summed E-state index contributed by atoms with van der Waals surface area (Å²) in [6, 6.07) is 4.73. The highest BCUT2D eigenvalue weighted by molar-refractivity contribution is 7.71. The van der Waals surface area contributed by atoms with Crippen molar-refractivity contribution in [2.45, 2.75) is 51.6 Å². The van der Waals surface area contributed by atoms with Crippen LogP contribution in [-0.2, 0) is 6.42 Å². The van der Waals surface area contributed by atoms with Crippen LogP contribution in [0, 0.1) is 10.5 Å². The molecule has 4 heteroatoms. The molecule has 1 aliphatic rings.